The second kappa shape index (κ2) is 6.58. The Morgan fingerprint density at radius 1 is 1.32 bits per heavy atom. The van der Waals surface area contributed by atoms with Crippen molar-refractivity contribution in [1.29, 1.82) is 0 Å². The molecular weight excluding hydrogens is 322 g/mol. The molecule has 130 valence electrons. The summed E-state index contributed by atoms with van der Waals surface area (Å²) in [5, 5.41) is 0. The molecule has 1 fully saturated rings. The third-order valence-electron chi connectivity index (χ3n) is 4.33. The summed E-state index contributed by atoms with van der Waals surface area (Å²) in [6, 6.07) is 7.36. The average molecular weight is 341 g/mol. The predicted molar refractivity (Wildman–Crippen MR) is 88.7 cm³/mol. The van der Waals surface area contributed by atoms with Crippen LogP contribution in [0.3, 0.4) is 0 Å². The smallest absolute Gasteiger partial charge is 0.231 e. The van der Waals surface area contributed by atoms with Crippen molar-refractivity contribution in [3.63, 3.8) is 0 Å². The van der Waals surface area contributed by atoms with Gasteiger partial charge >= 0.3 is 0 Å². The SMILES string of the molecule is Cc1nccc(OC2CCN(C(=O)Cc3ccc4c(c3)OCO4)C2)n1. The summed E-state index contributed by atoms with van der Waals surface area (Å²) in [7, 11) is 0. The number of aryl methyl sites for hydroxylation is 1. The van der Waals surface area contributed by atoms with Crippen LogP contribution in [-0.2, 0) is 11.2 Å². The van der Waals surface area contributed by atoms with E-state index in [-0.39, 0.29) is 18.8 Å². The molecule has 25 heavy (non-hydrogen) atoms. The summed E-state index contributed by atoms with van der Waals surface area (Å²) < 4.78 is 16.5. The van der Waals surface area contributed by atoms with Crippen molar-refractivity contribution in [2.24, 2.45) is 0 Å². The maximum absolute atomic E-state index is 12.5. The Morgan fingerprint density at radius 2 is 2.20 bits per heavy atom. The molecule has 0 spiro atoms. The first-order valence-corrected chi connectivity index (χ1v) is 8.30. The fourth-order valence-corrected chi connectivity index (χ4v) is 3.06. The van der Waals surface area contributed by atoms with Crippen molar-refractivity contribution >= 4 is 5.91 Å². The first kappa shape index (κ1) is 15.7. The van der Waals surface area contributed by atoms with Gasteiger partial charge in [-0.1, -0.05) is 6.07 Å². The number of nitrogens with zero attached hydrogens (tertiary/aromatic N) is 3. The summed E-state index contributed by atoms with van der Waals surface area (Å²) in [6.07, 6.45) is 2.79. The van der Waals surface area contributed by atoms with Crippen LogP contribution in [0.2, 0.25) is 0 Å². The third kappa shape index (κ3) is 3.50. The molecule has 2 aliphatic rings. The highest BCUT2D eigenvalue weighted by Gasteiger charge is 2.28. The van der Waals surface area contributed by atoms with E-state index in [0.717, 1.165) is 17.7 Å². The lowest BCUT2D eigenvalue weighted by atomic mass is 10.1. The molecule has 7 heteroatoms. The Bertz CT molecular complexity index is 796. The van der Waals surface area contributed by atoms with Crippen molar-refractivity contribution < 1.29 is 19.0 Å². The van der Waals surface area contributed by atoms with E-state index in [9.17, 15) is 4.79 Å². The first-order chi connectivity index (χ1) is 12.2. The number of aromatic nitrogens is 2. The minimum atomic E-state index is -0.0324. The monoisotopic (exact) mass is 341 g/mol. The van der Waals surface area contributed by atoms with Crippen molar-refractivity contribution in [3.05, 3.63) is 41.9 Å². The minimum Gasteiger partial charge on any atom is -0.472 e. The molecule has 4 rings (SSSR count). The number of likely N-dealkylation sites (tertiary alicyclic amines) is 1. The number of fused-ring (bicyclic) bond motifs is 1. The van der Waals surface area contributed by atoms with Gasteiger partial charge < -0.3 is 19.1 Å². The normalized spacial score (nSPS) is 18.4. The van der Waals surface area contributed by atoms with Gasteiger partial charge in [-0.05, 0) is 24.6 Å². The highest BCUT2D eigenvalue weighted by atomic mass is 16.7. The lowest BCUT2D eigenvalue weighted by Crippen LogP contribution is -2.32. The lowest BCUT2D eigenvalue weighted by molar-refractivity contribution is -0.129. The van der Waals surface area contributed by atoms with E-state index < -0.39 is 0 Å². The molecule has 1 aromatic carbocycles. The van der Waals surface area contributed by atoms with Crippen molar-refractivity contribution in [1.82, 2.24) is 14.9 Å². The molecule has 1 unspecified atom stereocenters. The van der Waals surface area contributed by atoms with Crippen LogP contribution in [0.15, 0.2) is 30.5 Å². The molecule has 0 radical (unpaired) electrons. The van der Waals surface area contributed by atoms with Gasteiger partial charge in [0.25, 0.3) is 0 Å². The molecule has 0 N–H and O–H groups in total. The van der Waals surface area contributed by atoms with Gasteiger partial charge in [0.1, 0.15) is 11.9 Å². The average Bonchev–Trinajstić information content (AvgIpc) is 3.23. The molecule has 1 atom stereocenters. The van der Waals surface area contributed by atoms with Crippen LogP contribution < -0.4 is 14.2 Å². The molecule has 0 bridgehead atoms. The number of ether oxygens (including phenoxy) is 3. The number of carbonyl (C=O) groups excluding carboxylic acids is 1. The molecule has 3 heterocycles. The largest absolute Gasteiger partial charge is 0.472 e. The molecule has 0 saturated carbocycles. The van der Waals surface area contributed by atoms with Crippen LogP contribution in [0.4, 0.5) is 0 Å². The maximum Gasteiger partial charge on any atom is 0.231 e. The van der Waals surface area contributed by atoms with Gasteiger partial charge in [0.05, 0.1) is 13.0 Å². The third-order valence-corrected chi connectivity index (χ3v) is 4.33. The quantitative estimate of drug-likeness (QED) is 0.843. The molecule has 7 nitrogen and oxygen atoms in total. The zero-order valence-electron chi connectivity index (χ0n) is 14.0. The van der Waals surface area contributed by atoms with Crippen LogP contribution in [0.5, 0.6) is 17.4 Å². The van der Waals surface area contributed by atoms with Crippen LogP contribution >= 0.6 is 0 Å². The standard InChI is InChI=1S/C18H19N3O4/c1-12-19-6-4-17(20-12)25-14-5-7-21(10-14)18(22)9-13-2-3-15-16(8-13)24-11-23-15/h2-4,6,8,14H,5,7,9-11H2,1H3. The van der Waals surface area contributed by atoms with E-state index >= 15 is 0 Å². The number of hydrogen-bond donors (Lipinski definition) is 0. The van der Waals surface area contributed by atoms with Crippen LogP contribution in [0.1, 0.15) is 17.8 Å². The lowest BCUT2D eigenvalue weighted by Gasteiger charge is -2.17. The van der Waals surface area contributed by atoms with Gasteiger partial charge in [0.2, 0.25) is 18.6 Å². The highest BCUT2D eigenvalue weighted by molar-refractivity contribution is 5.79. The molecule has 0 aliphatic carbocycles. The summed E-state index contributed by atoms with van der Waals surface area (Å²) in [4.78, 5) is 22.7. The van der Waals surface area contributed by atoms with Crippen LogP contribution in [-0.4, -0.2) is 46.8 Å². The van der Waals surface area contributed by atoms with E-state index in [1.807, 2.05) is 30.0 Å². The molecule has 1 amide bonds. The molecular formula is C18H19N3O4. The van der Waals surface area contributed by atoms with Crippen molar-refractivity contribution in [2.75, 3.05) is 19.9 Å². The van der Waals surface area contributed by atoms with E-state index in [4.69, 9.17) is 14.2 Å². The Morgan fingerprint density at radius 3 is 3.08 bits per heavy atom. The second-order valence-electron chi connectivity index (χ2n) is 6.17. The zero-order valence-corrected chi connectivity index (χ0v) is 14.0. The summed E-state index contributed by atoms with van der Waals surface area (Å²) in [5.41, 5.74) is 0.921. The Labute approximate surface area is 145 Å². The van der Waals surface area contributed by atoms with Gasteiger partial charge in [-0.2, -0.15) is 4.98 Å². The van der Waals surface area contributed by atoms with Crippen molar-refractivity contribution in [2.45, 2.75) is 25.9 Å². The molecule has 1 saturated heterocycles. The van der Waals surface area contributed by atoms with Gasteiger partial charge in [-0.15, -0.1) is 0 Å². The minimum absolute atomic E-state index is 0.0324. The van der Waals surface area contributed by atoms with Crippen molar-refractivity contribution in [3.8, 4) is 17.4 Å². The fraction of sp³-hybridized carbons (Fsp3) is 0.389. The molecule has 1 aromatic heterocycles. The van der Waals surface area contributed by atoms with Gasteiger partial charge in [0.15, 0.2) is 11.5 Å². The summed E-state index contributed by atoms with van der Waals surface area (Å²) >= 11 is 0. The van der Waals surface area contributed by atoms with E-state index in [1.165, 1.54) is 0 Å². The highest BCUT2D eigenvalue weighted by Crippen LogP contribution is 2.32. The van der Waals surface area contributed by atoms with Gasteiger partial charge in [0, 0.05) is 25.2 Å². The second-order valence-corrected chi connectivity index (χ2v) is 6.17. The van der Waals surface area contributed by atoms with E-state index in [0.29, 0.717) is 37.0 Å². The van der Waals surface area contributed by atoms with Gasteiger partial charge in [-0.25, -0.2) is 4.98 Å². The number of carbonyl (C=O) groups is 1. The number of benzene rings is 1. The first-order valence-electron chi connectivity index (χ1n) is 8.30. The maximum atomic E-state index is 12.5. The summed E-state index contributed by atoms with van der Waals surface area (Å²) in [6.45, 7) is 3.33. The Kier molecular flexibility index (Phi) is 4.13. The van der Waals surface area contributed by atoms with E-state index in [2.05, 4.69) is 9.97 Å². The summed E-state index contributed by atoms with van der Waals surface area (Å²) in [5.74, 6) is 2.75. The number of rotatable bonds is 4. The van der Waals surface area contributed by atoms with Crippen LogP contribution in [0.25, 0.3) is 0 Å². The zero-order chi connectivity index (χ0) is 17.2. The van der Waals surface area contributed by atoms with Gasteiger partial charge in [-0.3, -0.25) is 4.79 Å². The number of amides is 1. The molecule has 2 aliphatic heterocycles. The topological polar surface area (TPSA) is 73.8 Å². The number of hydrogen-bond acceptors (Lipinski definition) is 6. The fourth-order valence-electron chi connectivity index (χ4n) is 3.06. The molecule has 2 aromatic rings. The predicted octanol–water partition coefficient (Wildman–Crippen LogP) is 1.74. The Balaban J connectivity index is 1.34. The van der Waals surface area contributed by atoms with Crippen LogP contribution in [0, 0.1) is 6.92 Å². The van der Waals surface area contributed by atoms with E-state index in [1.54, 1.807) is 12.3 Å². The Hall–Kier alpha value is -2.83.